The number of carbonyl (C=O) groups excluding carboxylic acids is 3. The number of amides is 3. The molecule has 21 heavy (non-hydrogen) atoms. The predicted octanol–water partition coefficient (Wildman–Crippen LogP) is 0.825. The van der Waals surface area contributed by atoms with Gasteiger partial charge >= 0.3 is 0 Å². The van der Waals surface area contributed by atoms with Crippen molar-refractivity contribution in [3.63, 3.8) is 0 Å². The number of nitro groups is 1. The first-order chi connectivity index (χ1) is 9.79. The lowest BCUT2D eigenvalue weighted by Gasteiger charge is -2.17. The highest BCUT2D eigenvalue weighted by Gasteiger charge is 2.18. The van der Waals surface area contributed by atoms with Crippen LogP contribution in [0.15, 0.2) is 24.3 Å². The first-order valence-corrected chi connectivity index (χ1v) is 6.11. The molecule has 0 aliphatic heterocycles. The zero-order chi connectivity index (χ0) is 16.0. The van der Waals surface area contributed by atoms with E-state index in [1.54, 1.807) is 0 Å². The van der Waals surface area contributed by atoms with Gasteiger partial charge in [0.15, 0.2) is 0 Å². The van der Waals surface area contributed by atoms with Gasteiger partial charge in [-0.2, -0.15) is 0 Å². The largest absolute Gasteiger partial charge is 0.349 e. The van der Waals surface area contributed by atoms with Crippen LogP contribution in [-0.4, -0.2) is 22.6 Å². The molecule has 0 heterocycles. The lowest BCUT2D eigenvalue weighted by Crippen LogP contribution is -2.34. The van der Waals surface area contributed by atoms with Crippen molar-refractivity contribution in [3.05, 3.63) is 39.9 Å². The van der Waals surface area contributed by atoms with Crippen LogP contribution >= 0.6 is 0 Å². The third kappa shape index (κ3) is 5.39. The van der Waals surface area contributed by atoms with E-state index in [2.05, 4.69) is 10.6 Å². The average molecular weight is 293 g/mol. The molecular formula is C13H15N3O5. The molecular weight excluding hydrogens is 278 g/mol. The fourth-order valence-corrected chi connectivity index (χ4v) is 1.76. The van der Waals surface area contributed by atoms with Crippen LogP contribution in [0.25, 0.3) is 0 Å². The quantitative estimate of drug-likeness (QED) is 0.615. The molecule has 1 aromatic rings. The molecule has 0 bridgehead atoms. The number of hydrogen-bond acceptors (Lipinski definition) is 5. The first kappa shape index (κ1) is 16.3. The highest BCUT2D eigenvalue weighted by molar-refractivity contribution is 5.94. The topological polar surface area (TPSA) is 118 Å². The summed E-state index contributed by atoms with van der Waals surface area (Å²) in [6.45, 7) is 2.50. The normalized spacial score (nSPS) is 11.3. The second-order valence-corrected chi connectivity index (χ2v) is 4.41. The number of nitrogens with one attached hydrogen (secondary N) is 2. The van der Waals surface area contributed by atoms with Crippen LogP contribution in [0, 0.1) is 10.1 Å². The number of nitro benzene ring substituents is 1. The third-order valence-electron chi connectivity index (χ3n) is 2.59. The van der Waals surface area contributed by atoms with Gasteiger partial charge in [-0.25, -0.2) is 0 Å². The maximum absolute atomic E-state index is 11.6. The number of imide groups is 1. The van der Waals surface area contributed by atoms with Gasteiger partial charge < -0.3 is 5.32 Å². The van der Waals surface area contributed by atoms with Gasteiger partial charge in [0.2, 0.25) is 17.7 Å². The number of nitrogens with zero attached hydrogens (tertiary/aromatic N) is 1. The van der Waals surface area contributed by atoms with E-state index < -0.39 is 22.8 Å². The Morgan fingerprint density at radius 1 is 1.14 bits per heavy atom. The van der Waals surface area contributed by atoms with Crippen molar-refractivity contribution in [2.24, 2.45) is 0 Å². The Hall–Kier alpha value is -2.77. The second kappa shape index (κ2) is 7.13. The maximum atomic E-state index is 11.6. The summed E-state index contributed by atoms with van der Waals surface area (Å²) in [5, 5.41) is 15.3. The summed E-state index contributed by atoms with van der Waals surface area (Å²) >= 11 is 0. The van der Waals surface area contributed by atoms with Gasteiger partial charge in [0.25, 0.3) is 5.69 Å². The molecule has 112 valence electrons. The number of carbonyl (C=O) groups is 3. The maximum Gasteiger partial charge on any atom is 0.269 e. The zero-order valence-electron chi connectivity index (χ0n) is 11.6. The number of non-ortho nitro benzene ring substituents is 1. The van der Waals surface area contributed by atoms with Gasteiger partial charge in [-0.05, 0) is 5.56 Å². The van der Waals surface area contributed by atoms with Crippen molar-refractivity contribution in [1.29, 1.82) is 0 Å². The number of hydrogen-bond donors (Lipinski definition) is 2. The molecule has 0 unspecified atom stereocenters. The highest BCUT2D eigenvalue weighted by Crippen LogP contribution is 2.20. The Bertz CT molecular complexity index is 568. The molecule has 0 aromatic heterocycles. The Balaban J connectivity index is 2.90. The Morgan fingerprint density at radius 3 is 2.14 bits per heavy atom. The summed E-state index contributed by atoms with van der Waals surface area (Å²) in [7, 11) is 0. The molecule has 2 N–H and O–H groups in total. The molecule has 1 atom stereocenters. The summed E-state index contributed by atoms with van der Waals surface area (Å²) in [5.74, 6) is -1.39. The Kier molecular flexibility index (Phi) is 5.53. The molecule has 3 amide bonds. The van der Waals surface area contributed by atoms with Crippen molar-refractivity contribution in [3.8, 4) is 0 Å². The van der Waals surface area contributed by atoms with Crippen molar-refractivity contribution in [1.82, 2.24) is 10.6 Å². The molecule has 1 rings (SSSR count). The van der Waals surface area contributed by atoms with Crippen LogP contribution < -0.4 is 10.6 Å². The molecule has 8 heteroatoms. The van der Waals surface area contributed by atoms with Crippen molar-refractivity contribution < 1.29 is 19.3 Å². The van der Waals surface area contributed by atoms with E-state index in [0.29, 0.717) is 5.56 Å². The van der Waals surface area contributed by atoms with E-state index in [1.807, 2.05) is 0 Å². The van der Waals surface area contributed by atoms with Gasteiger partial charge in [0.05, 0.1) is 17.4 Å². The van der Waals surface area contributed by atoms with Gasteiger partial charge in [0, 0.05) is 26.0 Å². The van der Waals surface area contributed by atoms with Crippen LogP contribution in [0.2, 0.25) is 0 Å². The van der Waals surface area contributed by atoms with E-state index in [1.165, 1.54) is 38.1 Å². The second-order valence-electron chi connectivity index (χ2n) is 4.41. The van der Waals surface area contributed by atoms with Gasteiger partial charge in [-0.15, -0.1) is 0 Å². The zero-order valence-corrected chi connectivity index (χ0v) is 11.6. The monoisotopic (exact) mass is 293 g/mol. The number of rotatable bonds is 5. The minimum atomic E-state index is -0.664. The molecule has 8 nitrogen and oxygen atoms in total. The fourth-order valence-electron chi connectivity index (χ4n) is 1.76. The summed E-state index contributed by atoms with van der Waals surface area (Å²) in [6, 6.07) is 4.82. The van der Waals surface area contributed by atoms with Crippen molar-refractivity contribution >= 4 is 23.4 Å². The van der Waals surface area contributed by atoms with Gasteiger partial charge in [-0.3, -0.25) is 29.8 Å². The molecule has 0 aliphatic rings. The van der Waals surface area contributed by atoms with Crippen molar-refractivity contribution in [2.45, 2.75) is 26.3 Å². The van der Waals surface area contributed by atoms with E-state index in [-0.39, 0.29) is 18.0 Å². The lowest BCUT2D eigenvalue weighted by molar-refractivity contribution is -0.384. The summed E-state index contributed by atoms with van der Waals surface area (Å²) in [5.41, 5.74) is 0.447. The molecule has 0 saturated carbocycles. The molecule has 0 radical (unpaired) electrons. The predicted molar refractivity (Wildman–Crippen MR) is 73.1 cm³/mol. The molecule has 0 fully saturated rings. The van der Waals surface area contributed by atoms with Crippen LogP contribution in [0.4, 0.5) is 5.69 Å². The standard InChI is InChI=1S/C13H15N3O5/c1-8(17)14-12(7-13(19)15-9(2)18)10-3-5-11(6-4-10)16(20)21/h3-6,12H,7H2,1-2H3,(H,14,17)(H,15,18,19)/t12-/m0/s1. The number of benzene rings is 1. The van der Waals surface area contributed by atoms with Gasteiger partial charge in [-0.1, -0.05) is 12.1 Å². The van der Waals surface area contributed by atoms with Crippen LogP contribution in [0.1, 0.15) is 31.9 Å². The molecule has 1 aromatic carbocycles. The highest BCUT2D eigenvalue weighted by atomic mass is 16.6. The smallest absolute Gasteiger partial charge is 0.269 e. The van der Waals surface area contributed by atoms with Crippen LogP contribution in [0.3, 0.4) is 0 Å². The summed E-state index contributed by atoms with van der Waals surface area (Å²) in [6.07, 6.45) is -0.142. The third-order valence-corrected chi connectivity index (χ3v) is 2.59. The van der Waals surface area contributed by atoms with E-state index >= 15 is 0 Å². The minimum absolute atomic E-state index is 0.0893. The van der Waals surface area contributed by atoms with Gasteiger partial charge in [0.1, 0.15) is 0 Å². The lowest BCUT2D eigenvalue weighted by atomic mass is 10.0. The Labute approximate surface area is 120 Å². The van der Waals surface area contributed by atoms with E-state index in [9.17, 15) is 24.5 Å². The van der Waals surface area contributed by atoms with E-state index in [4.69, 9.17) is 0 Å². The first-order valence-electron chi connectivity index (χ1n) is 6.11. The summed E-state index contributed by atoms with van der Waals surface area (Å²) < 4.78 is 0. The summed E-state index contributed by atoms with van der Waals surface area (Å²) in [4.78, 5) is 43.7. The van der Waals surface area contributed by atoms with E-state index in [0.717, 1.165) is 0 Å². The SMILES string of the molecule is CC(=O)NC(=O)C[C@H](NC(C)=O)c1ccc([N+](=O)[O-])cc1. The fraction of sp³-hybridized carbons (Fsp3) is 0.308. The average Bonchev–Trinajstić information content (AvgIpc) is 2.36. The Morgan fingerprint density at radius 2 is 1.71 bits per heavy atom. The van der Waals surface area contributed by atoms with Crippen LogP contribution in [0.5, 0.6) is 0 Å². The van der Waals surface area contributed by atoms with Crippen molar-refractivity contribution in [2.75, 3.05) is 0 Å². The van der Waals surface area contributed by atoms with Crippen LogP contribution in [-0.2, 0) is 14.4 Å². The molecule has 0 aliphatic carbocycles. The molecule has 0 spiro atoms. The molecule has 0 saturated heterocycles. The minimum Gasteiger partial charge on any atom is -0.349 e.